The van der Waals surface area contributed by atoms with E-state index in [-0.39, 0.29) is 24.8 Å². The number of aliphatic hydroxyl groups is 2. The maximum Gasteiger partial charge on any atom is 0.251 e. The third-order valence-corrected chi connectivity index (χ3v) is 10.7. The summed E-state index contributed by atoms with van der Waals surface area (Å²) in [6.07, 6.45) is 7.01. The van der Waals surface area contributed by atoms with Gasteiger partial charge in [-0.15, -0.1) is 5.10 Å². The minimum absolute atomic E-state index is 0.0712. The van der Waals surface area contributed by atoms with Crippen molar-refractivity contribution in [2.24, 2.45) is 11.7 Å². The van der Waals surface area contributed by atoms with Crippen LogP contribution in [0.1, 0.15) is 100 Å². The maximum atomic E-state index is 14.7. The van der Waals surface area contributed by atoms with Crippen molar-refractivity contribution in [3.05, 3.63) is 59.9 Å². The van der Waals surface area contributed by atoms with Crippen molar-refractivity contribution < 1.29 is 29.4 Å². The number of aliphatic hydroxyl groups excluding tert-OH is 1. The van der Waals surface area contributed by atoms with Crippen LogP contribution in [0.15, 0.2) is 48.7 Å². The van der Waals surface area contributed by atoms with E-state index in [0.717, 1.165) is 42.9 Å². The van der Waals surface area contributed by atoms with Crippen molar-refractivity contribution in [3.8, 4) is 0 Å². The molecule has 2 saturated carbocycles. The van der Waals surface area contributed by atoms with Gasteiger partial charge in [0.2, 0.25) is 17.7 Å². The van der Waals surface area contributed by atoms with E-state index in [9.17, 15) is 29.4 Å². The fraction of sp³-hybridized carbons (Fsp3) is 0.556. The predicted molar refractivity (Wildman–Crippen MR) is 181 cm³/mol. The molecule has 49 heavy (non-hydrogen) atoms. The monoisotopic (exact) mass is 673 g/mol. The zero-order valence-corrected chi connectivity index (χ0v) is 28.2. The Morgan fingerprint density at radius 2 is 1.76 bits per heavy atom. The Kier molecular flexibility index (Phi) is 9.76. The van der Waals surface area contributed by atoms with Gasteiger partial charge in [-0.05, 0) is 68.4 Å². The molecule has 6 N–H and O–H groups in total. The van der Waals surface area contributed by atoms with Gasteiger partial charge in [-0.25, -0.2) is 4.68 Å². The van der Waals surface area contributed by atoms with E-state index in [4.69, 9.17) is 5.73 Å². The third kappa shape index (κ3) is 7.18. The quantitative estimate of drug-likeness (QED) is 0.205. The van der Waals surface area contributed by atoms with Crippen LogP contribution in [0, 0.1) is 5.92 Å². The molecule has 6 rings (SSSR count). The fourth-order valence-electron chi connectivity index (χ4n) is 7.81. The molecule has 2 aliphatic carbocycles. The molecule has 262 valence electrons. The lowest BCUT2D eigenvalue weighted by Crippen LogP contribution is -2.67. The first-order valence-corrected chi connectivity index (χ1v) is 17.4. The molecule has 3 aliphatic rings. The number of nitrogens with two attached hydrogens (primary N) is 1. The fourth-order valence-corrected chi connectivity index (χ4v) is 7.81. The number of primary amides is 1. The van der Waals surface area contributed by atoms with Gasteiger partial charge in [0.05, 0.1) is 23.5 Å². The van der Waals surface area contributed by atoms with Crippen LogP contribution in [0.25, 0.3) is 10.8 Å². The summed E-state index contributed by atoms with van der Waals surface area (Å²) in [6.45, 7) is 3.29. The number of likely N-dealkylation sites (tertiary alicyclic amines) is 1. The van der Waals surface area contributed by atoms with Crippen molar-refractivity contribution >= 4 is 34.4 Å². The molecule has 13 heteroatoms. The summed E-state index contributed by atoms with van der Waals surface area (Å²) in [5, 5.41) is 37.6. The second-order valence-electron chi connectivity index (χ2n) is 14.7. The average molecular weight is 674 g/mol. The smallest absolute Gasteiger partial charge is 0.251 e. The Morgan fingerprint density at radius 1 is 1.04 bits per heavy atom. The summed E-state index contributed by atoms with van der Waals surface area (Å²) in [4.78, 5) is 56.1. The maximum absolute atomic E-state index is 14.7. The van der Waals surface area contributed by atoms with Gasteiger partial charge in [0.1, 0.15) is 17.7 Å². The van der Waals surface area contributed by atoms with Crippen molar-refractivity contribution in [2.75, 3.05) is 6.54 Å². The van der Waals surface area contributed by atoms with Gasteiger partial charge in [0, 0.05) is 18.5 Å². The van der Waals surface area contributed by atoms with E-state index in [1.807, 2.05) is 30.3 Å². The molecule has 3 fully saturated rings. The average Bonchev–Trinajstić information content (AvgIpc) is 3.74. The number of nitrogens with zero attached hydrogens (tertiary/aromatic N) is 4. The minimum atomic E-state index is -1.58. The van der Waals surface area contributed by atoms with Gasteiger partial charge >= 0.3 is 0 Å². The molecule has 1 aromatic heterocycles. The Hall–Kier alpha value is -4.36. The van der Waals surface area contributed by atoms with Crippen LogP contribution >= 0.6 is 0 Å². The summed E-state index contributed by atoms with van der Waals surface area (Å²) >= 11 is 0. The predicted octanol–water partition coefficient (Wildman–Crippen LogP) is 2.45. The number of carbonyl (C=O) groups excluding carboxylic acids is 4. The van der Waals surface area contributed by atoms with Crippen LogP contribution in [0.4, 0.5) is 0 Å². The Bertz CT molecular complexity index is 1710. The van der Waals surface area contributed by atoms with Gasteiger partial charge in [-0.3, -0.25) is 19.2 Å². The SMILES string of the molecule is CC(C)(O)c1cnnn1[C@H]1C[C@@H](C(=O)NC2(C(O)C(N)=O)CCC2)N(C(=O)[C@@H](CC2CCCCC2)NC(=O)c2ccc3ccccc3c2)C1. The number of hydrogen-bond acceptors (Lipinski definition) is 8. The number of aromatic nitrogens is 3. The van der Waals surface area contributed by atoms with Crippen LogP contribution in [0.5, 0.6) is 0 Å². The number of hydrogen-bond donors (Lipinski definition) is 5. The lowest BCUT2D eigenvalue weighted by atomic mass is 9.72. The molecule has 1 aliphatic heterocycles. The molecule has 2 aromatic carbocycles. The first kappa shape index (κ1) is 34.5. The Labute approximate surface area is 285 Å². The number of fused-ring (bicyclic) bond motifs is 1. The largest absolute Gasteiger partial charge is 0.384 e. The first-order chi connectivity index (χ1) is 23.4. The second-order valence-corrected chi connectivity index (χ2v) is 14.7. The van der Waals surface area contributed by atoms with E-state index in [2.05, 4.69) is 20.9 Å². The first-order valence-electron chi connectivity index (χ1n) is 17.4. The minimum Gasteiger partial charge on any atom is -0.384 e. The molecule has 3 aromatic rings. The normalized spacial score (nSPS) is 22.2. The van der Waals surface area contributed by atoms with Crippen molar-refractivity contribution in [2.45, 2.75) is 113 Å². The number of carbonyl (C=O) groups is 4. The zero-order chi connectivity index (χ0) is 34.9. The van der Waals surface area contributed by atoms with Gasteiger partial charge in [0.25, 0.3) is 5.91 Å². The molecule has 0 bridgehead atoms. The standard InChI is InChI=1S/C36H47N7O6/c1-35(2,49)29-20-38-41-43(29)26-19-28(33(47)40-36(15-8-16-36)30(44)31(37)45)42(21-26)34(48)27(17-22-9-4-3-5-10-22)39-32(46)25-14-13-23-11-6-7-12-24(23)18-25/h6-7,11-14,18,20,22,26-28,30,44,49H,3-5,8-10,15-17,19,21H2,1-2H3,(H2,37,45)(H,39,46)(H,40,47)/t26-,27+,28-,30?/m0/s1. The molecule has 13 nitrogen and oxygen atoms in total. The highest BCUT2D eigenvalue weighted by Crippen LogP contribution is 2.38. The molecular formula is C36H47N7O6. The molecule has 0 radical (unpaired) electrons. The summed E-state index contributed by atoms with van der Waals surface area (Å²) in [5.74, 6) is -2.01. The van der Waals surface area contributed by atoms with E-state index in [1.165, 1.54) is 11.1 Å². The summed E-state index contributed by atoms with van der Waals surface area (Å²) in [7, 11) is 0. The van der Waals surface area contributed by atoms with Crippen LogP contribution < -0.4 is 16.4 Å². The summed E-state index contributed by atoms with van der Waals surface area (Å²) in [5.41, 5.74) is 3.79. The number of amides is 4. The Balaban J connectivity index is 1.31. The zero-order valence-electron chi connectivity index (χ0n) is 28.2. The van der Waals surface area contributed by atoms with Crippen molar-refractivity contribution in [1.82, 2.24) is 30.5 Å². The molecule has 2 heterocycles. The molecule has 1 saturated heterocycles. The molecule has 4 atom stereocenters. The number of rotatable bonds is 11. The number of benzene rings is 2. The van der Waals surface area contributed by atoms with Crippen LogP contribution in [-0.4, -0.2) is 84.0 Å². The highest BCUT2D eigenvalue weighted by Gasteiger charge is 2.51. The molecule has 4 amide bonds. The highest BCUT2D eigenvalue weighted by molar-refractivity contribution is 6.01. The Morgan fingerprint density at radius 3 is 2.41 bits per heavy atom. The van der Waals surface area contributed by atoms with Crippen molar-refractivity contribution in [1.29, 1.82) is 0 Å². The summed E-state index contributed by atoms with van der Waals surface area (Å²) < 4.78 is 1.55. The summed E-state index contributed by atoms with van der Waals surface area (Å²) in [6, 6.07) is 10.7. The number of nitrogens with one attached hydrogen (secondary N) is 2. The third-order valence-electron chi connectivity index (χ3n) is 10.7. The molecule has 1 unspecified atom stereocenters. The van der Waals surface area contributed by atoms with Crippen LogP contribution in [-0.2, 0) is 20.0 Å². The topological polar surface area (TPSA) is 193 Å². The van der Waals surface area contributed by atoms with E-state index in [1.54, 1.807) is 30.7 Å². The molecule has 0 spiro atoms. The van der Waals surface area contributed by atoms with E-state index in [0.29, 0.717) is 36.9 Å². The van der Waals surface area contributed by atoms with Gasteiger partial charge < -0.3 is 31.5 Å². The second kappa shape index (κ2) is 13.9. The molecular weight excluding hydrogens is 626 g/mol. The van der Waals surface area contributed by atoms with E-state index < -0.39 is 53.1 Å². The van der Waals surface area contributed by atoms with Crippen molar-refractivity contribution in [3.63, 3.8) is 0 Å². The lowest BCUT2D eigenvalue weighted by Gasteiger charge is -2.45. The highest BCUT2D eigenvalue weighted by atomic mass is 16.3. The lowest BCUT2D eigenvalue weighted by molar-refractivity contribution is -0.144. The van der Waals surface area contributed by atoms with Crippen LogP contribution in [0.3, 0.4) is 0 Å². The van der Waals surface area contributed by atoms with Crippen LogP contribution in [0.2, 0.25) is 0 Å². The van der Waals surface area contributed by atoms with Gasteiger partial charge in [0.15, 0.2) is 6.10 Å². The van der Waals surface area contributed by atoms with Gasteiger partial charge in [-0.2, -0.15) is 0 Å². The van der Waals surface area contributed by atoms with E-state index >= 15 is 0 Å². The van der Waals surface area contributed by atoms with Gasteiger partial charge in [-0.1, -0.05) is 67.6 Å².